The van der Waals surface area contributed by atoms with E-state index >= 15 is 0 Å². The zero-order chi connectivity index (χ0) is 15.8. The Bertz CT molecular complexity index is 703. The van der Waals surface area contributed by atoms with Crippen LogP contribution < -0.4 is 0 Å². The van der Waals surface area contributed by atoms with Crippen LogP contribution in [0.1, 0.15) is 25.4 Å². The molecule has 3 heterocycles. The standard InChI is InChI=1S/C11H10N4O.C2H6.CH2O2/c1-7-5-15-6-9(3-4-10(15)12-7)11-13-8(2)16-14-11;1-2;2-1-3/h3-6H,1-2H3;1-2H3;1H,(H,2,3). The van der Waals surface area contributed by atoms with Crippen LogP contribution in [-0.4, -0.2) is 31.1 Å². The van der Waals surface area contributed by atoms with Crippen molar-refractivity contribution in [2.24, 2.45) is 0 Å². The topological polar surface area (TPSA) is 93.5 Å². The molecule has 0 radical (unpaired) electrons. The van der Waals surface area contributed by atoms with Gasteiger partial charge in [-0.2, -0.15) is 4.98 Å². The number of carboxylic acid groups (broad SMARTS) is 1. The quantitative estimate of drug-likeness (QED) is 0.692. The van der Waals surface area contributed by atoms with Crippen molar-refractivity contribution in [1.82, 2.24) is 19.5 Å². The summed E-state index contributed by atoms with van der Waals surface area (Å²) in [6.07, 6.45) is 3.91. The van der Waals surface area contributed by atoms with Gasteiger partial charge in [-0.05, 0) is 19.1 Å². The molecule has 0 fully saturated rings. The lowest BCUT2D eigenvalue weighted by Gasteiger charge is -1.96. The van der Waals surface area contributed by atoms with E-state index < -0.39 is 0 Å². The zero-order valence-electron chi connectivity index (χ0n) is 12.4. The second-order valence-corrected chi connectivity index (χ2v) is 3.81. The van der Waals surface area contributed by atoms with Crippen LogP contribution in [0.4, 0.5) is 0 Å². The van der Waals surface area contributed by atoms with E-state index in [0.29, 0.717) is 11.7 Å². The van der Waals surface area contributed by atoms with Crippen molar-refractivity contribution < 1.29 is 14.4 Å². The van der Waals surface area contributed by atoms with Gasteiger partial charge in [0.1, 0.15) is 5.65 Å². The highest BCUT2D eigenvalue weighted by atomic mass is 16.5. The fourth-order valence-corrected chi connectivity index (χ4v) is 1.67. The van der Waals surface area contributed by atoms with Gasteiger partial charge in [0.05, 0.1) is 5.69 Å². The molecule has 0 saturated carbocycles. The van der Waals surface area contributed by atoms with E-state index in [1.807, 2.05) is 49.7 Å². The maximum Gasteiger partial charge on any atom is 0.290 e. The van der Waals surface area contributed by atoms with E-state index in [4.69, 9.17) is 14.4 Å². The fraction of sp³-hybridized carbons (Fsp3) is 0.286. The average molecular weight is 290 g/mol. The molecule has 0 aliphatic rings. The summed E-state index contributed by atoms with van der Waals surface area (Å²) in [6.45, 7) is 7.49. The Hall–Kier alpha value is -2.70. The van der Waals surface area contributed by atoms with E-state index in [1.165, 1.54) is 0 Å². The first-order valence-corrected chi connectivity index (χ1v) is 6.48. The van der Waals surface area contributed by atoms with Gasteiger partial charge in [0.2, 0.25) is 11.7 Å². The van der Waals surface area contributed by atoms with E-state index in [0.717, 1.165) is 16.9 Å². The normalized spacial score (nSPS) is 9.33. The van der Waals surface area contributed by atoms with Crippen molar-refractivity contribution in [3.63, 3.8) is 0 Å². The molecule has 0 atom stereocenters. The maximum absolute atomic E-state index is 8.36. The van der Waals surface area contributed by atoms with Crippen LogP contribution in [0, 0.1) is 13.8 Å². The van der Waals surface area contributed by atoms with Crippen molar-refractivity contribution in [2.75, 3.05) is 0 Å². The minimum Gasteiger partial charge on any atom is -0.483 e. The van der Waals surface area contributed by atoms with Crippen molar-refractivity contribution >= 4 is 12.1 Å². The molecule has 0 spiro atoms. The fourth-order valence-electron chi connectivity index (χ4n) is 1.67. The van der Waals surface area contributed by atoms with Crippen LogP contribution in [0.25, 0.3) is 17.0 Å². The second-order valence-electron chi connectivity index (χ2n) is 3.81. The Morgan fingerprint density at radius 1 is 1.19 bits per heavy atom. The molecule has 0 aromatic carbocycles. The highest BCUT2D eigenvalue weighted by molar-refractivity contribution is 5.57. The summed E-state index contributed by atoms with van der Waals surface area (Å²) in [7, 11) is 0. The lowest BCUT2D eigenvalue weighted by Crippen LogP contribution is -1.86. The molecule has 0 amide bonds. The molecule has 0 bridgehead atoms. The molecule has 0 unspecified atom stereocenters. The number of pyridine rings is 1. The highest BCUT2D eigenvalue weighted by Gasteiger charge is 2.07. The first-order valence-electron chi connectivity index (χ1n) is 6.48. The summed E-state index contributed by atoms with van der Waals surface area (Å²) in [5.41, 5.74) is 2.82. The summed E-state index contributed by atoms with van der Waals surface area (Å²) >= 11 is 0. The zero-order valence-corrected chi connectivity index (χ0v) is 12.4. The number of carbonyl (C=O) groups is 1. The number of hydrogen-bond acceptors (Lipinski definition) is 5. The van der Waals surface area contributed by atoms with Crippen molar-refractivity contribution in [3.8, 4) is 11.4 Å². The molecular formula is C14H18N4O3. The van der Waals surface area contributed by atoms with Crippen LogP contribution in [0.5, 0.6) is 0 Å². The molecule has 7 nitrogen and oxygen atoms in total. The lowest BCUT2D eigenvalue weighted by atomic mass is 10.3. The van der Waals surface area contributed by atoms with Gasteiger partial charge in [-0.25, -0.2) is 4.98 Å². The molecule has 3 rings (SSSR count). The number of rotatable bonds is 1. The minimum atomic E-state index is -0.250. The Morgan fingerprint density at radius 3 is 2.43 bits per heavy atom. The smallest absolute Gasteiger partial charge is 0.290 e. The maximum atomic E-state index is 8.36. The summed E-state index contributed by atoms with van der Waals surface area (Å²) < 4.78 is 6.90. The van der Waals surface area contributed by atoms with Gasteiger partial charge in [-0.3, -0.25) is 4.79 Å². The Kier molecular flexibility index (Phi) is 6.06. The molecule has 7 heteroatoms. The molecule has 0 aliphatic carbocycles. The Balaban J connectivity index is 0.000000395. The van der Waals surface area contributed by atoms with Crippen LogP contribution in [0.3, 0.4) is 0 Å². The number of imidazole rings is 1. The molecule has 0 saturated heterocycles. The van der Waals surface area contributed by atoms with Crippen molar-refractivity contribution in [3.05, 3.63) is 36.1 Å². The van der Waals surface area contributed by atoms with Gasteiger partial charge in [0.15, 0.2) is 0 Å². The summed E-state index contributed by atoms with van der Waals surface area (Å²) in [5.74, 6) is 1.17. The average Bonchev–Trinajstić information content (AvgIpc) is 3.05. The number of nitrogens with zero attached hydrogens (tertiary/aromatic N) is 4. The number of aromatic nitrogens is 4. The minimum absolute atomic E-state index is 0.250. The van der Waals surface area contributed by atoms with Crippen LogP contribution >= 0.6 is 0 Å². The molecular weight excluding hydrogens is 272 g/mol. The first-order chi connectivity index (χ1) is 10.1. The van der Waals surface area contributed by atoms with Gasteiger partial charge in [0.25, 0.3) is 6.47 Å². The summed E-state index contributed by atoms with van der Waals surface area (Å²) in [6, 6.07) is 3.88. The van der Waals surface area contributed by atoms with Gasteiger partial charge >= 0.3 is 0 Å². The molecule has 3 aromatic heterocycles. The lowest BCUT2D eigenvalue weighted by molar-refractivity contribution is -0.122. The summed E-state index contributed by atoms with van der Waals surface area (Å²) in [4.78, 5) is 16.9. The monoisotopic (exact) mass is 290 g/mol. The third kappa shape index (κ3) is 4.13. The van der Waals surface area contributed by atoms with E-state index in [9.17, 15) is 0 Å². The number of hydrogen-bond donors (Lipinski definition) is 1. The number of fused-ring (bicyclic) bond motifs is 1. The molecule has 3 aromatic rings. The predicted molar refractivity (Wildman–Crippen MR) is 78.0 cm³/mol. The van der Waals surface area contributed by atoms with Crippen LogP contribution in [0.2, 0.25) is 0 Å². The third-order valence-electron chi connectivity index (χ3n) is 2.36. The molecule has 1 N–H and O–H groups in total. The van der Waals surface area contributed by atoms with Crippen molar-refractivity contribution in [2.45, 2.75) is 27.7 Å². The first kappa shape index (κ1) is 16.4. The molecule has 112 valence electrons. The van der Waals surface area contributed by atoms with Crippen molar-refractivity contribution in [1.29, 1.82) is 0 Å². The Labute approximate surface area is 122 Å². The van der Waals surface area contributed by atoms with Crippen LogP contribution in [-0.2, 0) is 4.79 Å². The Morgan fingerprint density at radius 2 is 1.86 bits per heavy atom. The molecule has 21 heavy (non-hydrogen) atoms. The third-order valence-corrected chi connectivity index (χ3v) is 2.36. The second kappa shape index (κ2) is 7.78. The molecule has 0 aliphatic heterocycles. The highest BCUT2D eigenvalue weighted by Crippen LogP contribution is 2.16. The van der Waals surface area contributed by atoms with Gasteiger partial charge in [-0.15, -0.1) is 0 Å². The van der Waals surface area contributed by atoms with Gasteiger partial charge < -0.3 is 14.0 Å². The van der Waals surface area contributed by atoms with E-state index in [2.05, 4.69) is 15.1 Å². The van der Waals surface area contributed by atoms with Crippen LogP contribution in [0.15, 0.2) is 29.0 Å². The summed E-state index contributed by atoms with van der Waals surface area (Å²) in [5, 5.41) is 10.8. The van der Waals surface area contributed by atoms with E-state index in [1.54, 1.807) is 6.92 Å². The largest absolute Gasteiger partial charge is 0.483 e. The predicted octanol–water partition coefficient (Wildman–Crippen LogP) is 2.73. The van der Waals surface area contributed by atoms with Gasteiger partial charge in [0, 0.05) is 24.9 Å². The van der Waals surface area contributed by atoms with E-state index in [-0.39, 0.29) is 6.47 Å². The SMILES string of the molecule is CC.Cc1cn2cc(-c3noc(C)n3)ccc2n1.O=CO. The van der Waals surface area contributed by atoms with Gasteiger partial charge in [-0.1, -0.05) is 19.0 Å². The number of aryl methyl sites for hydroxylation is 2.